The van der Waals surface area contributed by atoms with E-state index in [-0.39, 0.29) is 5.91 Å². The molecule has 12 heavy (non-hydrogen) atoms. The minimum atomic E-state index is -0.212. The van der Waals surface area contributed by atoms with Gasteiger partial charge in [-0.3, -0.25) is 4.79 Å². The zero-order chi connectivity index (χ0) is 8.97. The van der Waals surface area contributed by atoms with Gasteiger partial charge in [-0.1, -0.05) is 12.1 Å². The van der Waals surface area contributed by atoms with Crippen LogP contribution in [0.2, 0.25) is 0 Å². The van der Waals surface area contributed by atoms with Gasteiger partial charge in [0.2, 0.25) is 5.91 Å². The average molecular weight is 165 g/mol. The Morgan fingerprint density at radius 2 is 2.25 bits per heavy atom. The van der Waals surface area contributed by atoms with Crippen LogP contribution in [-0.4, -0.2) is 5.91 Å². The molecule has 3 nitrogen and oxygen atoms in total. The lowest BCUT2D eigenvalue weighted by Crippen LogP contribution is -2.23. The van der Waals surface area contributed by atoms with Crippen molar-refractivity contribution in [2.24, 2.45) is 0 Å². The van der Waals surface area contributed by atoms with Gasteiger partial charge in [0.1, 0.15) is 0 Å². The smallest absolute Gasteiger partial charge is 0.249 e. The van der Waals surface area contributed by atoms with Gasteiger partial charge in [0, 0.05) is 6.92 Å². The topological polar surface area (TPSA) is 38.3 Å². The van der Waals surface area contributed by atoms with Crippen LogP contribution in [0.3, 0.4) is 0 Å². The van der Waals surface area contributed by atoms with Crippen LogP contribution in [-0.2, 0) is 4.79 Å². The number of nitrogens with one attached hydrogen (secondary N) is 1. The van der Waals surface area contributed by atoms with Gasteiger partial charge in [0.15, 0.2) is 5.75 Å². The summed E-state index contributed by atoms with van der Waals surface area (Å²) >= 11 is 0. The number of carbonyl (C=O) groups excluding carboxylic acids is 1. The molecule has 0 unspecified atom stereocenters. The molecular weight excluding hydrogens is 154 g/mol. The summed E-state index contributed by atoms with van der Waals surface area (Å²) in [6.07, 6.45) is 0. The van der Waals surface area contributed by atoms with Crippen LogP contribution in [0.5, 0.6) is 5.75 Å². The Bertz CT molecular complexity index is 284. The number of benzene rings is 1. The molecule has 0 aliphatic rings. The predicted octanol–water partition coefficient (Wildman–Crippen LogP) is 1.42. The predicted molar refractivity (Wildman–Crippen MR) is 45.6 cm³/mol. The van der Waals surface area contributed by atoms with Crippen molar-refractivity contribution in [3.63, 3.8) is 0 Å². The van der Waals surface area contributed by atoms with Gasteiger partial charge in [0.25, 0.3) is 0 Å². The molecule has 0 spiro atoms. The summed E-state index contributed by atoms with van der Waals surface area (Å²) < 4.78 is 0. The maximum Gasteiger partial charge on any atom is 0.249 e. The second kappa shape index (κ2) is 3.76. The Balaban J connectivity index is 2.57. The van der Waals surface area contributed by atoms with Gasteiger partial charge >= 0.3 is 0 Å². The second-order valence-electron chi connectivity index (χ2n) is 2.58. The number of hydrogen-bond acceptors (Lipinski definition) is 2. The maximum atomic E-state index is 10.5. The molecule has 0 aliphatic heterocycles. The fraction of sp³-hybridized carbons (Fsp3) is 0.222. The van der Waals surface area contributed by atoms with Crippen molar-refractivity contribution in [2.45, 2.75) is 13.8 Å². The van der Waals surface area contributed by atoms with Gasteiger partial charge < -0.3 is 4.84 Å². The Hall–Kier alpha value is -1.51. The number of hydrogen-bond donors (Lipinski definition) is 1. The third-order valence-electron chi connectivity index (χ3n) is 1.30. The van der Waals surface area contributed by atoms with E-state index < -0.39 is 0 Å². The minimum absolute atomic E-state index is 0.212. The number of carbonyl (C=O) groups is 1. The van der Waals surface area contributed by atoms with Gasteiger partial charge in [-0.25, -0.2) is 0 Å². The molecular formula is C9H11NO2. The average Bonchev–Trinajstić information content (AvgIpc) is 2.01. The van der Waals surface area contributed by atoms with Crippen LogP contribution in [0.4, 0.5) is 0 Å². The standard InChI is InChI=1S/C9H11NO2/c1-7-4-3-5-9(6-7)12-10-8(2)11/h3-6H,1-2H3,(H,10,11). The maximum absolute atomic E-state index is 10.5. The summed E-state index contributed by atoms with van der Waals surface area (Å²) in [4.78, 5) is 15.4. The summed E-state index contributed by atoms with van der Waals surface area (Å²) in [6, 6.07) is 7.45. The lowest BCUT2D eigenvalue weighted by atomic mass is 10.2. The molecule has 64 valence electrons. The van der Waals surface area contributed by atoms with E-state index in [1.165, 1.54) is 6.92 Å². The molecule has 0 saturated carbocycles. The highest BCUT2D eigenvalue weighted by atomic mass is 16.7. The molecule has 1 aromatic rings. The zero-order valence-electron chi connectivity index (χ0n) is 7.13. The largest absolute Gasteiger partial charge is 0.380 e. The summed E-state index contributed by atoms with van der Waals surface area (Å²) in [5, 5.41) is 0. The second-order valence-corrected chi connectivity index (χ2v) is 2.58. The van der Waals surface area contributed by atoms with E-state index in [9.17, 15) is 4.79 Å². The van der Waals surface area contributed by atoms with Gasteiger partial charge in [0.05, 0.1) is 0 Å². The molecule has 0 atom stereocenters. The minimum Gasteiger partial charge on any atom is -0.380 e. The fourth-order valence-electron chi connectivity index (χ4n) is 0.810. The lowest BCUT2D eigenvalue weighted by molar-refractivity contribution is -0.125. The first-order valence-electron chi connectivity index (χ1n) is 3.68. The molecule has 1 N–H and O–H groups in total. The Morgan fingerprint density at radius 1 is 1.50 bits per heavy atom. The lowest BCUT2D eigenvalue weighted by Gasteiger charge is -2.04. The highest BCUT2D eigenvalue weighted by Crippen LogP contribution is 2.10. The summed E-state index contributed by atoms with van der Waals surface area (Å²) in [6.45, 7) is 3.36. The molecule has 0 saturated heterocycles. The van der Waals surface area contributed by atoms with Crippen LogP contribution in [0, 0.1) is 6.92 Å². The number of hydroxylamine groups is 1. The Labute approximate surface area is 71.3 Å². The Kier molecular flexibility index (Phi) is 2.69. The molecule has 1 rings (SSSR count). The molecule has 3 heteroatoms. The molecule has 1 amide bonds. The molecule has 0 aromatic heterocycles. The SMILES string of the molecule is CC(=O)NOc1cccc(C)c1. The summed E-state index contributed by atoms with van der Waals surface area (Å²) in [7, 11) is 0. The van der Waals surface area contributed by atoms with Crippen molar-refractivity contribution in [3.8, 4) is 5.75 Å². The van der Waals surface area contributed by atoms with Crippen molar-refractivity contribution in [3.05, 3.63) is 29.8 Å². The van der Waals surface area contributed by atoms with Gasteiger partial charge in [-0.15, -0.1) is 0 Å². The third kappa shape index (κ3) is 2.62. The molecule has 1 aromatic carbocycles. The monoisotopic (exact) mass is 165 g/mol. The highest BCUT2D eigenvalue weighted by molar-refractivity contribution is 5.71. The van der Waals surface area contributed by atoms with Crippen molar-refractivity contribution >= 4 is 5.91 Å². The van der Waals surface area contributed by atoms with Crippen LogP contribution in [0.1, 0.15) is 12.5 Å². The molecule has 0 aliphatic carbocycles. The van der Waals surface area contributed by atoms with Gasteiger partial charge in [-0.2, -0.15) is 5.48 Å². The van der Waals surface area contributed by atoms with E-state index in [1.807, 2.05) is 25.1 Å². The van der Waals surface area contributed by atoms with E-state index in [2.05, 4.69) is 5.48 Å². The molecule has 0 heterocycles. The van der Waals surface area contributed by atoms with Crippen molar-refractivity contribution < 1.29 is 9.63 Å². The van der Waals surface area contributed by atoms with Crippen LogP contribution >= 0.6 is 0 Å². The quantitative estimate of drug-likeness (QED) is 0.673. The van der Waals surface area contributed by atoms with E-state index in [4.69, 9.17) is 4.84 Å². The zero-order valence-corrected chi connectivity index (χ0v) is 7.13. The van der Waals surface area contributed by atoms with Gasteiger partial charge in [-0.05, 0) is 24.6 Å². The fourth-order valence-corrected chi connectivity index (χ4v) is 0.810. The van der Waals surface area contributed by atoms with Crippen molar-refractivity contribution in [2.75, 3.05) is 0 Å². The molecule has 0 radical (unpaired) electrons. The first kappa shape index (κ1) is 8.59. The van der Waals surface area contributed by atoms with Crippen molar-refractivity contribution in [1.29, 1.82) is 0 Å². The van der Waals surface area contributed by atoms with Crippen LogP contribution < -0.4 is 10.3 Å². The third-order valence-corrected chi connectivity index (χ3v) is 1.30. The molecule has 0 bridgehead atoms. The number of aryl methyl sites for hydroxylation is 1. The van der Waals surface area contributed by atoms with Crippen LogP contribution in [0.15, 0.2) is 24.3 Å². The first-order valence-corrected chi connectivity index (χ1v) is 3.68. The first-order chi connectivity index (χ1) is 5.68. The van der Waals surface area contributed by atoms with E-state index in [0.29, 0.717) is 5.75 Å². The van der Waals surface area contributed by atoms with E-state index in [1.54, 1.807) is 6.07 Å². The van der Waals surface area contributed by atoms with Crippen molar-refractivity contribution in [1.82, 2.24) is 5.48 Å². The molecule has 0 fully saturated rings. The number of rotatable bonds is 2. The van der Waals surface area contributed by atoms with E-state index >= 15 is 0 Å². The van der Waals surface area contributed by atoms with E-state index in [0.717, 1.165) is 5.56 Å². The summed E-state index contributed by atoms with van der Waals surface area (Å²) in [5.74, 6) is 0.432. The van der Waals surface area contributed by atoms with Crippen LogP contribution in [0.25, 0.3) is 0 Å². The number of amides is 1. The Morgan fingerprint density at radius 3 is 2.83 bits per heavy atom. The normalized spacial score (nSPS) is 9.17. The highest BCUT2D eigenvalue weighted by Gasteiger charge is 1.94. The summed E-state index contributed by atoms with van der Waals surface area (Å²) in [5.41, 5.74) is 3.35.